The van der Waals surface area contributed by atoms with Gasteiger partial charge in [0, 0.05) is 0 Å². The van der Waals surface area contributed by atoms with Gasteiger partial charge >= 0.3 is 35.6 Å². The minimum atomic E-state index is -2.57. The van der Waals surface area contributed by atoms with E-state index < -0.39 is 64.7 Å². The van der Waals surface area contributed by atoms with E-state index in [1.54, 1.807) is 0 Å². The van der Waals surface area contributed by atoms with Crippen molar-refractivity contribution in [2.45, 2.75) is 78.6 Å². The fourth-order valence-corrected chi connectivity index (χ4v) is 35.2. The molecule has 0 spiro atoms. The molecule has 0 unspecified atom stereocenters. The van der Waals surface area contributed by atoms with Crippen molar-refractivity contribution in [2.75, 3.05) is 0 Å². The molecule has 0 saturated carbocycles. The van der Waals surface area contributed by atoms with Crippen molar-refractivity contribution >= 4 is 87.5 Å². The molecule has 0 atom stereocenters. The second kappa shape index (κ2) is 19.1. The molecule has 0 amide bonds. The molecule has 0 fully saturated rings. The molecule has 0 aliphatic carbocycles. The van der Waals surface area contributed by atoms with Crippen LogP contribution in [0.5, 0.6) is 0 Å². The standard InChI is InChI=1S/2C18H28N2PSi2.2ClH.Ti/c1-22(2,3)20(23(4,5)6)21(19,17-13-9-7-10-14-17)18-15-11-8-12-16-18;1-22(2,3)19-21(20-23(4,5)6,17-13-9-7-10-14-17)18-15-11-8-12-16-18;;;/h2*7-16H,1-6H3;2*1H;/q2*-1;;;+2/p-2. The molecule has 49 heavy (non-hydrogen) atoms. The zero-order valence-corrected chi connectivity index (χ0v) is 40.3. The molecule has 4 nitrogen and oxygen atoms in total. The van der Waals surface area contributed by atoms with Crippen LogP contribution in [0.4, 0.5) is 0 Å². The molecule has 0 saturated heterocycles. The molecule has 266 valence electrons. The number of benzene rings is 4. The van der Waals surface area contributed by atoms with Crippen molar-refractivity contribution in [3.63, 3.8) is 0 Å². The van der Waals surface area contributed by atoms with Crippen LogP contribution in [0.2, 0.25) is 78.6 Å². The van der Waals surface area contributed by atoms with Gasteiger partial charge in [-0.15, -0.1) is 7.21 Å². The van der Waals surface area contributed by atoms with Crippen LogP contribution >= 0.6 is 33.4 Å². The molecule has 0 aliphatic heterocycles. The Kier molecular flexibility index (Phi) is 17.4. The molecule has 4 rings (SSSR count). The molecule has 4 aromatic carbocycles. The summed E-state index contributed by atoms with van der Waals surface area (Å²) >= 11 is -0.556. The molecule has 0 heterocycles. The summed E-state index contributed by atoms with van der Waals surface area (Å²) in [5.74, 6) is 0. The Morgan fingerprint density at radius 3 is 0.980 bits per heavy atom. The van der Waals surface area contributed by atoms with Crippen molar-refractivity contribution in [3.8, 4) is 0 Å². The van der Waals surface area contributed by atoms with Crippen LogP contribution < -0.4 is 21.2 Å². The molecule has 0 N–H and O–H groups in total. The molecule has 0 radical (unpaired) electrons. The van der Waals surface area contributed by atoms with Gasteiger partial charge in [-0.05, 0) is 51.3 Å². The zero-order chi connectivity index (χ0) is 37.2. The van der Waals surface area contributed by atoms with Gasteiger partial charge in [-0.25, -0.2) is 0 Å². The van der Waals surface area contributed by atoms with E-state index in [-0.39, 0.29) is 0 Å². The van der Waals surface area contributed by atoms with Gasteiger partial charge in [0.1, 0.15) is 16.5 Å². The van der Waals surface area contributed by atoms with Crippen LogP contribution in [-0.2, 0) is 17.0 Å². The van der Waals surface area contributed by atoms with Crippen LogP contribution in [0.25, 0.3) is 14.7 Å². The fourth-order valence-electron chi connectivity index (χ4n) is 6.07. The van der Waals surface area contributed by atoms with Crippen molar-refractivity contribution in [3.05, 3.63) is 136 Å². The van der Waals surface area contributed by atoms with Crippen molar-refractivity contribution < 1.29 is 17.0 Å². The number of hydrogen-bond donors (Lipinski definition) is 0. The predicted octanol–water partition coefficient (Wildman–Crippen LogP) is 12.6. The first kappa shape index (κ1) is 44.7. The van der Waals surface area contributed by atoms with Crippen molar-refractivity contribution in [1.82, 2.24) is 4.00 Å². The SMILES string of the molecule is C[Si](C)(C)N([Si](C)(C)C)P(=[N-])(c1ccccc1)c1ccccc1.C[Si](C)(C)[N-][P+]([N-][Si](C)(C)C)(c1ccccc1)c1ccccc1.[Cl][Ti][Cl]. The molecule has 4 aromatic rings. The third-order valence-electron chi connectivity index (χ3n) is 6.91. The zero-order valence-electron chi connectivity index (χ0n) is 31.5. The first-order valence-electron chi connectivity index (χ1n) is 16.6. The predicted molar refractivity (Wildman–Crippen MR) is 235 cm³/mol. The molecule has 13 heteroatoms. The summed E-state index contributed by atoms with van der Waals surface area (Å²) in [6.45, 7) is 28.0. The van der Waals surface area contributed by atoms with Crippen molar-refractivity contribution in [2.24, 2.45) is 0 Å². The number of nitrogens with zero attached hydrogens (tertiary/aromatic N) is 4. The second-order valence-electron chi connectivity index (χ2n) is 15.8. The number of halogens is 2. The van der Waals surface area contributed by atoms with Crippen LogP contribution in [0, 0.1) is 0 Å². The normalized spacial score (nSPS) is 12.7. The van der Waals surface area contributed by atoms with E-state index in [1.165, 1.54) is 10.6 Å². The monoisotopic (exact) mass is 836 g/mol. The molecule has 0 aliphatic rings. The Morgan fingerprint density at radius 1 is 0.510 bits per heavy atom. The topological polar surface area (TPSA) is 53.7 Å². The first-order valence-corrected chi connectivity index (χ1v) is 38.1. The van der Waals surface area contributed by atoms with E-state index in [2.05, 4.69) is 167 Å². The van der Waals surface area contributed by atoms with Crippen LogP contribution in [0.15, 0.2) is 121 Å². The number of hydrogen-bond acceptors (Lipinski definition) is 0. The summed E-state index contributed by atoms with van der Waals surface area (Å²) in [5, 5.41) is 16.9. The van der Waals surface area contributed by atoms with E-state index >= 15 is 0 Å². The van der Waals surface area contributed by atoms with E-state index in [0.717, 1.165) is 10.6 Å². The van der Waals surface area contributed by atoms with Crippen LogP contribution in [0.3, 0.4) is 0 Å². The Bertz CT molecular complexity index is 1470. The summed E-state index contributed by atoms with van der Waals surface area (Å²) in [6, 6.07) is 42.0. The van der Waals surface area contributed by atoms with Crippen molar-refractivity contribution in [1.29, 1.82) is 0 Å². The molecule has 0 aromatic heterocycles. The van der Waals surface area contributed by atoms with E-state index in [1.807, 2.05) is 36.4 Å². The number of rotatable bonds is 11. The first-order chi connectivity index (χ1) is 22.6. The van der Waals surface area contributed by atoms with Crippen LogP contribution in [-0.4, -0.2) is 36.9 Å². The van der Waals surface area contributed by atoms with Crippen LogP contribution in [0.1, 0.15) is 0 Å². The Balaban J connectivity index is 0.000000315. The van der Waals surface area contributed by atoms with Gasteiger partial charge < -0.3 is 18.7 Å². The summed E-state index contributed by atoms with van der Waals surface area (Å²) in [5.41, 5.74) is 0. The Labute approximate surface area is 320 Å². The van der Waals surface area contributed by atoms with Gasteiger partial charge in [0.05, 0.1) is 10.6 Å². The van der Waals surface area contributed by atoms with Gasteiger partial charge in [0.2, 0.25) is 0 Å². The van der Waals surface area contributed by atoms with Gasteiger partial charge in [-0.1, -0.05) is 183 Å². The van der Waals surface area contributed by atoms with Gasteiger partial charge in [0.15, 0.2) is 0 Å². The molecular weight excluding hydrogens is 781 g/mol. The van der Waals surface area contributed by atoms with Gasteiger partial charge in [-0.2, -0.15) is 0 Å². The van der Waals surface area contributed by atoms with Gasteiger partial charge in [-0.3, -0.25) is 0 Å². The average Bonchev–Trinajstić information content (AvgIpc) is 3.00. The Morgan fingerprint density at radius 2 is 0.755 bits per heavy atom. The fraction of sp³-hybridized carbons (Fsp3) is 0.333. The third-order valence-corrected chi connectivity index (χ3v) is 30.6. The Hall–Kier alpha value is -0.418. The summed E-state index contributed by atoms with van der Waals surface area (Å²) in [7, 11) is -1.63. The van der Waals surface area contributed by atoms with E-state index in [0.29, 0.717) is 0 Å². The average molecular weight is 838 g/mol. The third kappa shape index (κ3) is 13.5. The molecular formula is C36H56Cl2N4P2Si4Ti-2. The van der Waals surface area contributed by atoms with E-state index in [4.69, 9.17) is 28.1 Å². The van der Waals surface area contributed by atoms with E-state index in [9.17, 15) is 5.16 Å². The maximum absolute atomic E-state index is 12.2. The summed E-state index contributed by atoms with van der Waals surface area (Å²) < 4.78 is 13.5. The summed E-state index contributed by atoms with van der Waals surface area (Å²) in [4.78, 5) is 0. The van der Waals surface area contributed by atoms with Gasteiger partial charge in [0.25, 0.3) is 0 Å². The maximum atomic E-state index is 12.2. The second-order valence-corrected chi connectivity index (χ2v) is 44.3. The minimum absolute atomic E-state index is 0.556. The quantitative estimate of drug-likeness (QED) is 0.110. The molecule has 0 bridgehead atoms. The summed E-state index contributed by atoms with van der Waals surface area (Å²) in [6.07, 6.45) is 0.